The van der Waals surface area contributed by atoms with Crippen molar-refractivity contribution in [2.75, 3.05) is 11.9 Å². The number of nitrogens with one attached hydrogen (secondary N) is 2. The van der Waals surface area contributed by atoms with E-state index >= 15 is 0 Å². The monoisotopic (exact) mass is 420 g/mol. The van der Waals surface area contributed by atoms with Gasteiger partial charge in [-0.25, -0.2) is 0 Å². The Morgan fingerprint density at radius 2 is 1.87 bits per heavy atom. The third-order valence-electron chi connectivity index (χ3n) is 5.40. The van der Waals surface area contributed by atoms with Gasteiger partial charge in [-0.15, -0.1) is 0 Å². The van der Waals surface area contributed by atoms with Crippen LogP contribution in [0.15, 0.2) is 47.1 Å². The largest absolute Gasteiger partial charge is 0.464 e. The van der Waals surface area contributed by atoms with Crippen molar-refractivity contribution in [2.45, 2.75) is 39.2 Å². The minimum atomic E-state index is -0.532. The second-order valence-corrected chi connectivity index (χ2v) is 7.82. The number of anilines is 1. The molecular weight excluding hydrogens is 396 g/mol. The lowest BCUT2D eigenvalue weighted by atomic mass is 10.0. The minimum absolute atomic E-state index is 0.00314. The molecule has 2 N–H and O–H groups in total. The Labute approximate surface area is 179 Å². The number of carbonyl (C=O) groups is 3. The zero-order valence-corrected chi connectivity index (χ0v) is 17.5. The third kappa shape index (κ3) is 4.77. The number of hydrogen-bond acceptors (Lipinski definition) is 5. The van der Waals surface area contributed by atoms with Gasteiger partial charge in [-0.2, -0.15) is 0 Å². The number of furan rings is 1. The van der Waals surface area contributed by atoms with E-state index < -0.39 is 18.5 Å². The van der Waals surface area contributed by atoms with Crippen LogP contribution in [0.25, 0.3) is 11.0 Å². The number of rotatable bonds is 7. The molecule has 2 aromatic carbocycles. The Morgan fingerprint density at radius 3 is 2.65 bits per heavy atom. The molecule has 7 heteroatoms. The van der Waals surface area contributed by atoms with Crippen molar-refractivity contribution in [3.63, 3.8) is 0 Å². The van der Waals surface area contributed by atoms with Gasteiger partial charge in [0.05, 0.1) is 23.9 Å². The average Bonchev–Trinajstić information content (AvgIpc) is 3.47. The molecule has 1 aromatic heterocycles. The number of para-hydroxylation sites is 1. The predicted octanol–water partition coefficient (Wildman–Crippen LogP) is 3.67. The maximum absolute atomic E-state index is 12.3. The van der Waals surface area contributed by atoms with Gasteiger partial charge in [0.25, 0.3) is 11.8 Å². The number of hydrogen-bond donors (Lipinski definition) is 2. The Bertz CT molecular complexity index is 1160. The lowest BCUT2D eigenvalue weighted by molar-refractivity contribution is -0.146. The van der Waals surface area contributed by atoms with Crippen LogP contribution in [0.4, 0.5) is 5.69 Å². The second-order valence-electron chi connectivity index (χ2n) is 7.82. The summed E-state index contributed by atoms with van der Waals surface area (Å²) in [5.74, 6) is -1.27. The lowest BCUT2D eigenvalue weighted by Crippen LogP contribution is -2.28. The summed E-state index contributed by atoms with van der Waals surface area (Å²) < 4.78 is 10.7. The van der Waals surface area contributed by atoms with Crippen molar-refractivity contribution in [3.05, 3.63) is 64.9 Å². The summed E-state index contributed by atoms with van der Waals surface area (Å²) in [6.45, 7) is 3.53. The molecule has 31 heavy (non-hydrogen) atoms. The summed E-state index contributed by atoms with van der Waals surface area (Å²) in [5, 5.41) is 6.40. The van der Waals surface area contributed by atoms with Crippen LogP contribution in [-0.4, -0.2) is 30.4 Å². The van der Waals surface area contributed by atoms with Crippen LogP contribution in [0.3, 0.4) is 0 Å². The highest BCUT2D eigenvalue weighted by Crippen LogP contribution is 2.27. The van der Waals surface area contributed by atoms with Gasteiger partial charge in [0, 0.05) is 17.0 Å². The number of ether oxygens (including phenoxy) is 1. The first-order chi connectivity index (χ1) is 14.9. The van der Waals surface area contributed by atoms with Crippen molar-refractivity contribution in [1.29, 1.82) is 0 Å². The maximum Gasteiger partial charge on any atom is 0.310 e. The summed E-state index contributed by atoms with van der Waals surface area (Å²) in [4.78, 5) is 36.9. The molecule has 0 radical (unpaired) electrons. The number of carbonyl (C=O) groups excluding carboxylic acids is 3. The van der Waals surface area contributed by atoms with Gasteiger partial charge in [-0.1, -0.05) is 24.3 Å². The van der Waals surface area contributed by atoms with Crippen LogP contribution in [0.2, 0.25) is 0 Å². The predicted molar refractivity (Wildman–Crippen MR) is 116 cm³/mol. The zero-order chi connectivity index (χ0) is 22.0. The molecule has 1 heterocycles. The molecule has 0 spiro atoms. The Balaban J connectivity index is 1.34. The highest BCUT2D eigenvalue weighted by atomic mass is 16.5. The van der Waals surface area contributed by atoms with Gasteiger partial charge in [-0.3, -0.25) is 14.4 Å². The van der Waals surface area contributed by atoms with Gasteiger partial charge in [0.15, 0.2) is 6.61 Å². The van der Waals surface area contributed by atoms with Crippen LogP contribution < -0.4 is 10.6 Å². The molecule has 1 saturated carbocycles. The highest BCUT2D eigenvalue weighted by molar-refractivity contribution is 6.04. The van der Waals surface area contributed by atoms with Crippen molar-refractivity contribution in [3.8, 4) is 0 Å². The fourth-order valence-electron chi connectivity index (χ4n) is 3.35. The Morgan fingerprint density at radius 1 is 1.10 bits per heavy atom. The van der Waals surface area contributed by atoms with Crippen LogP contribution in [-0.2, 0) is 20.7 Å². The van der Waals surface area contributed by atoms with Crippen molar-refractivity contribution in [1.82, 2.24) is 5.32 Å². The first-order valence-electron chi connectivity index (χ1n) is 10.2. The van der Waals surface area contributed by atoms with Crippen LogP contribution >= 0.6 is 0 Å². The van der Waals surface area contributed by atoms with E-state index in [1.54, 1.807) is 30.5 Å². The fraction of sp³-hybridized carbons (Fsp3) is 0.292. The first kappa shape index (κ1) is 20.7. The van der Waals surface area contributed by atoms with Gasteiger partial charge in [-0.05, 0) is 49.9 Å². The Hall–Kier alpha value is -3.61. The van der Waals surface area contributed by atoms with Crippen LogP contribution in [0, 0.1) is 13.8 Å². The number of amides is 2. The molecule has 0 bridgehead atoms. The van der Waals surface area contributed by atoms with E-state index in [2.05, 4.69) is 10.6 Å². The quantitative estimate of drug-likeness (QED) is 0.569. The van der Waals surface area contributed by atoms with Gasteiger partial charge < -0.3 is 19.8 Å². The van der Waals surface area contributed by atoms with E-state index in [0.717, 1.165) is 34.9 Å². The van der Waals surface area contributed by atoms with E-state index in [9.17, 15) is 14.4 Å². The number of benzene rings is 2. The second kappa shape index (κ2) is 8.63. The number of esters is 1. The molecule has 2 amide bonds. The van der Waals surface area contributed by atoms with E-state index in [4.69, 9.17) is 9.15 Å². The summed E-state index contributed by atoms with van der Waals surface area (Å²) in [6, 6.07) is 10.9. The summed E-state index contributed by atoms with van der Waals surface area (Å²) >= 11 is 0. The maximum atomic E-state index is 12.3. The van der Waals surface area contributed by atoms with Crippen molar-refractivity contribution >= 4 is 34.4 Å². The summed E-state index contributed by atoms with van der Waals surface area (Å²) in [7, 11) is 0. The van der Waals surface area contributed by atoms with E-state index in [1.807, 2.05) is 26.0 Å². The molecule has 7 nitrogen and oxygen atoms in total. The molecule has 0 saturated heterocycles. The van der Waals surface area contributed by atoms with Crippen LogP contribution in [0.1, 0.15) is 39.9 Å². The Kier molecular flexibility index (Phi) is 5.75. The smallest absolute Gasteiger partial charge is 0.310 e. The fourth-order valence-corrected chi connectivity index (χ4v) is 3.35. The van der Waals surface area contributed by atoms with Crippen LogP contribution in [0.5, 0.6) is 0 Å². The molecule has 0 unspecified atom stereocenters. The van der Waals surface area contributed by atoms with Gasteiger partial charge >= 0.3 is 5.97 Å². The molecule has 1 aliphatic rings. The highest BCUT2D eigenvalue weighted by Gasteiger charge is 2.25. The summed E-state index contributed by atoms with van der Waals surface area (Å²) in [5.41, 5.74) is 4.37. The molecule has 0 aliphatic heterocycles. The molecule has 4 rings (SSSR count). The summed E-state index contributed by atoms with van der Waals surface area (Å²) in [6.07, 6.45) is 3.50. The number of fused-ring (bicyclic) bond motifs is 1. The van der Waals surface area contributed by atoms with Gasteiger partial charge in [0.1, 0.15) is 5.58 Å². The topological polar surface area (TPSA) is 97.6 Å². The molecule has 3 aromatic rings. The van der Waals surface area contributed by atoms with E-state index in [1.165, 1.54) is 0 Å². The first-order valence-corrected chi connectivity index (χ1v) is 10.2. The third-order valence-corrected chi connectivity index (χ3v) is 5.40. The molecule has 1 fully saturated rings. The molecule has 1 aliphatic carbocycles. The molecule has 160 valence electrons. The minimum Gasteiger partial charge on any atom is -0.464 e. The lowest BCUT2D eigenvalue weighted by Gasteiger charge is -2.11. The molecule has 0 atom stereocenters. The van der Waals surface area contributed by atoms with Crippen molar-refractivity contribution in [2.24, 2.45) is 0 Å². The average molecular weight is 420 g/mol. The van der Waals surface area contributed by atoms with Gasteiger partial charge in [0.2, 0.25) is 0 Å². The molecular formula is C24H24N2O5. The van der Waals surface area contributed by atoms with E-state index in [-0.39, 0.29) is 18.4 Å². The number of aryl methyl sites for hydroxylation is 2. The zero-order valence-electron chi connectivity index (χ0n) is 17.5. The van der Waals surface area contributed by atoms with Crippen molar-refractivity contribution < 1.29 is 23.5 Å². The standard InChI is InChI=1S/C24H24N2O5/c1-14-7-10-18-16(12-31-23(18)15(14)2)11-22(28)30-13-21(27)26-20-6-4-3-5-19(20)24(29)25-17-8-9-17/h3-7,10,12,17H,8-9,11,13H2,1-2H3,(H,25,29)(H,26,27). The normalized spacial score (nSPS) is 13.1. The van der Waals surface area contributed by atoms with E-state index in [0.29, 0.717) is 16.8 Å². The SMILES string of the molecule is Cc1ccc2c(CC(=O)OCC(=O)Nc3ccccc3C(=O)NC3CC3)coc2c1C.